The fourth-order valence-corrected chi connectivity index (χ4v) is 1.96. The van der Waals surface area contributed by atoms with Crippen LogP contribution in [0.15, 0.2) is 36.4 Å². The highest BCUT2D eigenvalue weighted by atomic mass is 35.5. The highest BCUT2D eigenvalue weighted by Gasteiger charge is 2.08. The maximum atomic E-state index is 5.78. The fourth-order valence-electron chi connectivity index (χ4n) is 1.78. The summed E-state index contributed by atoms with van der Waals surface area (Å²) in [6, 6.07) is 11.9. The Bertz CT molecular complexity index is 676. The smallest absolute Gasteiger partial charge is 0.225 e. The Labute approximate surface area is 102 Å². The van der Waals surface area contributed by atoms with Gasteiger partial charge in [-0.15, -0.1) is 0 Å². The van der Waals surface area contributed by atoms with Crippen molar-refractivity contribution in [2.24, 2.45) is 0 Å². The van der Waals surface area contributed by atoms with Crippen LogP contribution < -0.4 is 5.73 Å². The summed E-state index contributed by atoms with van der Waals surface area (Å²) in [6.45, 7) is 0. The third-order valence-electron chi connectivity index (χ3n) is 2.56. The molecule has 0 aliphatic carbocycles. The number of anilines is 1. The van der Waals surface area contributed by atoms with Crippen molar-refractivity contribution in [3.63, 3.8) is 0 Å². The molecule has 5 heteroatoms. The molecule has 3 rings (SSSR count). The summed E-state index contributed by atoms with van der Waals surface area (Å²) in [5.41, 5.74) is 9.24. The molecule has 3 aromatic rings. The van der Waals surface area contributed by atoms with Gasteiger partial charge >= 0.3 is 0 Å². The molecule has 17 heavy (non-hydrogen) atoms. The zero-order valence-corrected chi connectivity index (χ0v) is 9.57. The van der Waals surface area contributed by atoms with Crippen LogP contribution in [-0.4, -0.2) is 15.0 Å². The van der Waals surface area contributed by atoms with Crippen LogP contribution in [0.5, 0.6) is 0 Å². The molecule has 0 spiro atoms. The summed E-state index contributed by atoms with van der Waals surface area (Å²) in [5.74, 6) is 0.363. The molecule has 0 radical (unpaired) electrons. The van der Waals surface area contributed by atoms with Crippen molar-refractivity contribution in [3.05, 3.63) is 41.7 Å². The molecule has 1 aromatic carbocycles. The van der Waals surface area contributed by atoms with E-state index in [-0.39, 0.29) is 5.28 Å². The monoisotopic (exact) mass is 244 g/mol. The molecular formula is C12H9ClN4. The number of hydrogen-bond donors (Lipinski definition) is 2. The van der Waals surface area contributed by atoms with Crippen molar-refractivity contribution in [1.29, 1.82) is 0 Å². The fraction of sp³-hybridized carbons (Fsp3) is 0. The largest absolute Gasteiger partial charge is 0.382 e. The predicted molar refractivity (Wildman–Crippen MR) is 68.7 cm³/mol. The van der Waals surface area contributed by atoms with Crippen LogP contribution in [0.25, 0.3) is 22.3 Å². The van der Waals surface area contributed by atoms with Crippen LogP contribution >= 0.6 is 11.6 Å². The van der Waals surface area contributed by atoms with Gasteiger partial charge in [-0.05, 0) is 23.2 Å². The Hall–Kier alpha value is -2.07. The Morgan fingerprint density at radius 3 is 2.65 bits per heavy atom. The molecule has 0 fully saturated rings. The number of fused-ring (bicyclic) bond motifs is 1. The van der Waals surface area contributed by atoms with Gasteiger partial charge in [0.15, 0.2) is 5.82 Å². The van der Waals surface area contributed by atoms with Gasteiger partial charge in [0.05, 0.1) is 5.52 Å². The Morgan fingerprint density at radius 1 is 1.12 bits per heavy atom. The predicted octanol–water partition coefficient (Wildman–Crippen LogP) is 2.86. The molecule has 0 amide bonds. The molecule has 0 unspecified atom stereocenters. The van der Waals surface area contributed by atoms with Crippen molar-refractivity contribution in [2.45, 2.75) is 0 Å². The topological polar surface area (TPSA) is 67.6 Å². The van der Waals surface area contributed by atoms with E-state index < -0.39 is 0 Å². The summed E-state index contributed by atoms with van der Waals surface area (Å²) in [5, 5.41) is 0.161. The van der Waals surface area contributed by atoms with Gasteiger partial charge in [-0.3, -0.25) is 0 Å². The summed E-state index contributed by atoms with van der Waals surface area (Å²) >= 11 is 5.76. The zero-order valence-electron chi connectivity index (χ0n) is 8.81. The molecule has 0 bridgehead atoms. The van der Waals surface area contributed by atoms with Crippen LogP contribution in [0.4, 0.5) is 5.82 Å². The maximum Gasteiger partial charge on any atom is 0.225 e. The van der Waals surface area contributed by atoms with E-state index >= 15 is 0 Å². The lowest BCUT2D eigenvalue weighted by Gasteiger charge is -1.96. The number of H-pyrrole nitrogens is 1. The summed E-state index contributed by atoms with van der Waals surface area (Å²) in [7, 11) is 0. The molecule has 2 aromatic heterocycles. The lowest BCUT2D eigenvalue weighted by Crippen LogP contribution is -1.93. The van der Waals surface area contributed by atoms with Gasteiger partial charge in [0.25, 0.3) is 0 Å². The molecule has 0 saturated heterocycles. The van der Waals surface area contributed by atoms with Crippen LogP contribution in [-0.2, 0) is 0 Å². The number of aromatic amines is 1. The number of aromatic nitrogens is 3. The second-order valence-corrected chi connectivity index (χ2v) is 4.03. The number of nitrogens with one attached hydrogen (secondary N) is 1. The van der Waals surface area contributed by atoms with Gasteiger partial charge in [-0.1, -0.05) is 30.3 Å². The van der Waals surface area contributed by atoms with Gasteiger partial charge in [-0.25, -0.2) is 4.98 Å². The number of rotatable bonds is 1. The first kappa shape index (κ1) is 10.1. The average molecular weight is 245 g/mol. The third kappa shape index (κ3) is 1.72. The number of benzene rings is 1. The van der Waals surface area contributed by atoms with Crippen molar-refractivity contribution in [2.75, 3.05) is 5.73 Å². The number of nitrogens with two attached hydrogens (primary N) is 1. The third-order valence-corrected chi connectivity index (χ3v) is 2.73. The Balaban J connectivity index is 2.24. The summed E-state index contributed by atoms with van der Waals surface area (Å²) < 4.78 is 0. The van der Waals surface area contributed by atoms with E-state index in [2.05, 4.69) is 15.0 Å². The highest BCUT2D eigenvalue weighted by Crippen LogP contribution is 2.26. The maximum absolute atomic E-state index is 5.78. The summed E-state index contributed by atoms with van der Waals surface area (Å²) in [6.07, 6.45) is 0. The average Bonchev–Trinajstić information content (AvgIpc) is 2.74. The van der Waals surface area contributed by atoms with E-state index in [4.69, 9.17) is 17.3 Å². The SMILES string of the molecule is Nc1nc(Cl)nc2cc(-c3ccccc3)[nH]c12. The molecule has 0 saturated carbocycles. The van der Waals surface area contributed by atoms with Crippen LogP contribution in [0, 0.1) is 0 Å². The van der Waals surface area contributed by atoms with E-state index in [9.17, 15) is 0 Å². The van der Waals surface area contributed by atoms with E-state index in [0.717, 1.165) is 16.8 Å². The van der Waals surface area contributed by atoms with Crippen LogP contribution in [0.2, 0.25) is 5.28 Å². The number of nitrogens with zero attached hydrogens (tertiary/aromatic N) is 2. The summed E-state index contributed by atoms with van der Waals surface area (Å²) in [4.78, 5) is 11.2. The lowest BCUT2D eigenvalue weighted by atomic mass is 10.2. The molecule has 2 heterocycles. The molecule has 3 N–H and O–H groups in total. The Morgan fingerprint density at radius 2 is 1.88 bits per heavy atom. The minimum atomic E-state index is 0.161. The van der Waals surface area contributed by atoms with Crippen molar-refractivity contribution in [1.82, 2.24) is 15.0 Å². The van der Waals surface area contributed by atoms with Gasteiger partial charge in [-0.2, -0.15) is 4.98 Å². The first-order valence-corrected chi connectivity index (χ1v) is 5.49. The van der Waals surface area contributed by atoms with Gasteiger partial charge in [0, 0.05) is 5.69 Å². The molecule has 0 aliphatic rings. The molecular weight excluding hydrogens is 236 g/mol. The minimum absolute atomic E-state index is 0.161. The number of nitrogen functional groups attached to an aromatic ring is 1. The van der Waals surface area contributed by atoms with Crippen molar-refractivity contribution in [3.8, 4) is 11.3 Å². The van der Waals surface area contributed by atoms with Crippen LogP contribution in [0.3, 0.4) is 0 Å². The van der Waals surface area contributed by atoms with Crippen LogP contribution in [0.1, 0.15) is 0 Å². The first-order chi connectivity index (χ1) is 8.24. The van der Waals surface area contributed by atoms with Gasteiger partial charge in [0.2, 0.25) is 5.28 Å². The lowest BCUT2D eigenvalue weighted by molar-refractivity contribution is 1.22. The molecule has 0 aliphatic heterocycles. The van der Waals surface area contributed by atoms with Gasteiger partial charge in [0.1, 0.15) is 5.52 Å². The molecule has 4 nitrogen and oxygen atoms in total. The molecule has 0 atom stereocenters. The quantitative estimate of drug-likeness (QED) is 0.647. The Kier molecular flexibility index (Phi) is 2.23. The van der Waals surface area contributed by atoms with Gasteiger partial charge < -0.3 is 10.7 Å². The van der Waals surface area contributed by atoms with E-state index in [1.165, 1.54) is 0 Å². The van der Waals surface area contributed by atoms with Crippen molar-refractivity contribution < 1.29 is 0 Å². The van der Waals surface area contributed by atoms with E-state index in [1.54, 1.807) is 0 Å². The zero-order chi connectivity index (χ0) is 11.8. The van der Waals surface area contributed by atoms with E-state index in [0.29, 0.717) is 11.3 Å². The highest BCUT2D eigenvalue weighted by molar-refractivity contribution is 6.28. The second-order valence-electron chi connectivity index (χ2n) is 3.69. The van der Waals surface area contributed by atoms with Crippen molar-refractivity contribution >= 4 is 28.5 Å². The minimum Gasteiger partial charge on any atom is -0.382 e. The number of halogens is 1. The standard InChI is InChI=1S/C12H9ClN4/c13-12-16-9-6-8(7-4-2-1-3-5-7)15-10(9)11(14)17-12/h1-6,15H,(H2,14,16,17). The first-order valence-electron chi connectivity index (χ1n) is 5.11. The normalized spacial score (nSPS) is 10.9. The second kappa shape index (κ2) is 3.75. The molecule has 84 valence electrons. The number of hydrogen-bond acceptors (Lipinski definition) is 3. The van der Waals surface area contributed by atoms with E-state index in [1.807, 2.05) is 36.4 Å².